The van der Waals surface area contributed by atoms with E-state index in [0.29, 0.717) is 6.04 Å². The molecule has 0 radical (unpaired) electrons. The topological polar surface area (TPSA) is 38.0 Å². The fourth-order valence-corrected chi connectivity index (χ4v) is 3.81. The molecule has 1 aromatic heterocycles. The molecule has 1 aliphatic carbocycles. The lowest BCUT2D eigenvalue weighted by Gasteiger charge is -2.13. The lowest BCUT2D eigenvalue weighted by Crippen LogP contribution is -2.22. The van der Waals surface area contributed by atoms with Gasteiger partial charge in [-0.1, -0.05) is 35.9 Å². The van der Waals surface area contributed by atoms with Crippen LogP contribution in [0.3, 0.4) is 0 Å². The van der Waals surface area contributed by atoms with Crippen LogP contribution in [0.25, 0.3) is 0 Å². The van der Waals surface area contributed by atoms with Crippen molar-refractivity contribution in [2.75, 3.05) is 6.54 Å². The fourth-order valence-electron chi connectivity index (χ4n) is 2.72. The van der Waals surface area contributed by atoms with E-state index in [4.69, 9.17) is 17.3 Å². The van der Waals surface area contributed by atoms with Crippen LogP contribution < -0.4 is 11.1 Å². The molecule has 1 heterocycles. The predicted octanol–water partition coefficient (Wildman–Crippen LogP) is 3.68. The number of nitrogens with two attached hydrogens (primary N) is 1. The van der Waals surface area contributed by atoms with Gasteiger partial charge in [0.05, 0.1) is 4.34 Å². The second-order valence-electron chi connectivity index (χ2n) is 4.93. The molecule has 2 aromatic rings. The van der Waals surface area contributed by atoms with Crippen molar-refractivity contribution in [2.45, 2.75) is 24.9 Å². The van der Waals surface area contributed by atoms with Crippen LogP contribution in [-0.4, -0.2) is 6.54 Å². The molecule has 2 atom stereocenters. The van der Waals surface area contributed by atoms with Gasteiger partial charge in [-0.15, -0.1) is 11.3 Å². The van der Waals surface area contributed by atoms with Crippen molar-refractivity contribution >= 4 is 22.9 Å². The van der Waals surface area contributed by atoms with Gasteiger partial charge in [0.15, 0.2) is 0 Å². The van der Waals surface area contributed by atoms with Crippen molar-refractivity contribution in [3.63, 3.8) is 0 Å². The van der Waals surface area contributed by atoms with Gasteiger partial charge < -0.3 is 11.1 Å². The Bertz CT molecular complexity index is 567. The molecule has 1 aliphatic rings. The Morgan fingerprint density at radius 3 is 2.74 bits per heavy atom. The molecule has 2 unspecified atom stereocenters. The van der Waals surface area contributed by atoms with Crippen LogP contribution in [0, 0.1) is 0 Å². The molecular weight excluding hydrogens is 276 g/mol. The highest BCUT2D eigenvalue weighted by Gasteiger charge is 2.27. The Labute approximate surface area is 122 Å². The van der Waals surface area contributed by atoms with Gasteiger partial charge in [-0.05, 0) is 36.1 Å². The first-order chi connectivity index (χ1) is 9.24. The van der Waals surface area contributed by atoms with E-state index in [2.05, 4.69) is 35.6 Å². The van der Waals surface area contributed by atoms with Gasteiger partial charge in [-0.3, -0.25) is 0 Å². The largest absolute Gasteiger partial charge is 0.324 e. The third-order valence-electron chi connectivity index (χ3n) is 3.65. The molecule has 0 fully saturated rings. The molecule has 2 nitrogen and oxygen atoms in total. The molecule has 0 bridgehead atoms. The van der Waals surface area contributed by atoms with Crippen molar-refractivity contribution in [2.24, 2.45) is 5.73 Å². The summed E-state index contributed by atoms with van der Waals surface area (Å²) in [5.74, 6) is 0. The van der Waals surface area contributed by atoms with Crippen LogP contribution in [0.5, 0.6) is 0 Å². The standard InChI is InChI=1S/C15H17ClN2S/c16-15-6-5-10(19-15)7-8-18-14-9-13(17)11-3-1-2-4-12(11)14/h1-6,13-14,18H,7-9,17H2. The highest BCUT2D eigenvalue weighted by Crippen LogP contribution is 2.36. The van der Waals surface area contributed by atoms with Crippen LogP contribution in [0.2, 0.25) is 4.34 Å². The molecule has 0 spiro atoms. The summed E-state index contributed by atoms with van der Waals surface area (Å²) in [5.41, 5.74) is 8.82. The number of rotatable bonds is 4. The second kappa shape index (κ2) is 5.63. The Kier molecular flexibility index (Phi) is 3.89. The lowest BCUT2D eigenvalue weighted by molar-refractivity contribution is 0.503. The normalized spacial score (nSPS) is 21.6. The number of hydrogen-bond acceptors (Lipinski definition) is 3. The summed E-state index contributed by atoms with van der Waals surface area (Å²) in [4.78, 5) is 1.33. The monoisotopic (exact) mass is 292 g/mol. The zero-order valence-corrected chi connectivity index (χ0v) is 12.2. The van der Waals surface area contributed by atoms with Gasteiger partial charge in [0.2, 0.25) is 0 Å². The summed E-state index contributed by atoms with van der Waals surface area (Å²) in [6.07, 6.45) is 2.01. The summed E-state index contributed by atoms with van der Waals surface area (Å²) in [7, 11) is 0. The Morgan fingerprint density at radius 1 is 1.21 bits per heavy atom. The van der Waals surface area contributed by atoms with Crippen LogP contribution in [0.15, 0.2) is 36.4 Å². The minimum atomic E-state index is 0.171. The molecule has 19 heavy (non-hydrogen) atoms. The number of nitrogens with one attached hydrogen (secondary N) is 1. The molecule has 0 aliphatic heterocycles. The number of fused-ring (bicyclic) bond motifs is 1. The number of thiophene rings is 1. The fraction of sp³-hybridized carbons (Fsp3) is 0.333. The van der Waals surface area contributed by atoms with E-state index in [1.165, 1.54) is 16.0 Å². The number of halogens is 1. The van der Waals surface area contributed by atoms with E-state index in [1.807, 2.05) is 6.07 Å². The molecule has 3 N–H and O–H groups in total. The van der Waals surface area contributed by atoms with E-state index in [-0.39, 0.29) is 6.04 Å². The molecule has 100 valence electrons. The average Bonchev–Trinajstić information content (AvgIpc) is 2.96. The van der Waals surface area contributed by atoms with Gasteiger partial charge in [-0.2, -0.15) is 0 Å². The number of hydrogen-bond donors (Lipinski definition) is 2. The minimum absolute atomic E-state index is 0.171. The van der Waals surface area contributed by atoms with Crippen LogP contribution in [0.1, 0.15) is 34.5 Å². The summed E-state index contributed by atoms with van der Waals surface area (Å²) < 4.78 is 0.864. The zero-order valence-electron chi connectivity index (χ0n) is 10.6. The molecular formula is C15H17ClN2S. The maximum atomic E-state index is 6.17. The molecule has 3 rings (SSSR count). The molecule has 1 aromatic carbocycles. The van der Waals surface area contributed by atoms with Gasteiger partial charge in [-0.25, -0.2) is 0 Å². The smallest absolute Gasteiger partial charge is 0.0931 e. The summed E-state index contributed by atoms with van der Waals surface area (Å²) in [5, 5.41) is 3.61. The van der Waals surface area contributed by atoms with Gasteiger partial charge in [0.25, 0.3) is 0 Å². The SMILES string of the molecule is NC1CC(NCCc2ccc(Cl)s2)c2ccccc21. The molecule has 0 saturated heterocycles. The first-order valence-electron chi connectivity index (χ1n) is 6.56. The van der Waals surface area contributed by atoms with E-state index in [9.17, 15) is 0 Å². The Morgan fingerprint density at radius 2 is 2.00 bits per heavy atom. The maximum absolute atomic E-state index is 6.17. The molecule has 0 saturated carbocycles. The van der Waals surface area contributed by atoms with Gasteiger partial charge in [0.1, 0.15) is 0 Å². The molecule has 4 heteroatoms. The van der Waals surface area contributed by atoms with E-state index in [1.54, 1.807) is 11.3 Å². The highest BCUT2D eigenvalue weighted by atomic mass is 35.5. The molecule has 0 amide bonds. The summed E-state index contributed by atoms with van der Waals surface area (Å²) in [6, 6.07) is 13.1. The van der Waals surface area contributed by atoms with Crippen molar-refractivity contribution in [1.82, 2.24) is 5.32 Å². The first-order valence-corrected chi connectivity index (χ1v) is 7.75. The van der Waals surface area contributed by atoms with E-state index in [0.717, 1.165) is 23.7 Å². The highest BCUT2D eigenvalue weighted by molar-refractivity contribution is 7.16. The Hall–Kier alpha value is -0.870. The summed E-state index contributed by atoms with van der Waals surface area (Å²) in [6.45, 7) is 0.961. The van der Waals surface area contributed by atoms with Crippen molar-refractivity contribution in [3.8, 4) is 0 Å². The van der Waals surface area contributed by atoms with E-state index < -0.39 is 0 Å². The van der Waals surface area contributed by atoms with Crippen LogP contribution >= 0.6 is 22.9 Å². The quantitative estimate of drug-likeness (QED) is 0.902. The number of benzene rings is 1. The van der Waals surface area contributed by atoms with Crippen molar-refractivity contribution < 1.29 is 0 Å². The van der Waals surface area contributed by atoms with Crippen LogP contribution in [0.4, 0.5) is 0 Å². The maximum Gasteiger partial charge on any atom is 0.0931 e. The third kappa shape index (κ3) is 2.84. The third-order valence-corrected chi connectivity index (χ3v) is 4.94. The Balaban J connectivity index is 1.60. The predicted molar refractivity (Wildman–Crippen MR) is 81.8 cm³/mol. The summed E-state index contributed by atoms with van der Waals surface area (Å²) >= 11 is 7.59. The minimum Gasteiger partial charge on any atom is -0.324 e. The first kappa shape index (κ1) is 13.1. The van der Waals surface area contributed by atoms with Crippen LogP contribution in [-0.2, 0) is 6.42 Å². The van der Waals surface area contributed by atoms with Gasteiger partial charge in [0, 0.05) is 23.5 Å². The second-order valence-corrected chi connectivity index (χ2v) is 6.73. The van der Waals surface area contributed by atoms with Gasteiger partial charge >= 0.3 is 0 Å². The van der Waals surface area contributed by atoms with Crippen molar-refractivity contribution in [1.29, 1.82) is 0 Å². The lowest BCUT2D eigenvalue weighted by atomic mass is 10.1. The van der Waals surface area contributed by atoms with Crippen molar-refractivity contribution in [3.05, 3.63) is 56.7 Å². The average molecular weight is 293 g/mol. The van der Waals surface area contributed by atoms with E-state index >= 15 is 0 Å². The zero-order chi connectivity index (χ0) is 13.2.